The molecule has 0 radical (unpaired) electrons. The highest BCUT2D eigenvalue weighted by Crippen LogP contribution is 2.45. The maximum atomic E-state index is 10.8. The zero-order chi connectivity index (χ0) is 13.3. The van der Waals surface area contributed by atoms with E-state index in [1.165, 1.54) is 13.0 Å². The average Bonchev–Trinajstić information content (AvgIpc) is 2.06. The van der Waals surface area contributed by atoms with E-state index in [1.54, 1.807) is 19.1 Å². The molecule has 0 aliphatic heterocycles. The molecule has 2 N–H and O–H groups in total. The number of carbonyl (C=O) groups excluding carboxylic acids is 1. The molecule has 96 valence electrons. The maximum absolute atomic E-state index is 10.8. The maximum Gasteiger partial charge on any atom is 0.152 e. The fourth-order valence-electron chi connectivity index (χ4n) is 2.75. The molecule has 3 heteroatoms. The predicted molar refractivity (Wildman–Crippen MR) is 67.5 cm³/mol. The van der Waals surface area contributed by atoms with Crippen molar-refractivity contribution >= 4 is 5.78 Å². The molecule has 0 bridgehead atoms. The molecule has 0 amide bonds. The number of rotatable bonds is 2. The lowest BCUT2D eigenvalue weighted by atomic mass is 9.65. The van der Waals surface area contributed by atoms with Crippen molar-refractivity contribution in [3.05, 3.63) is 23.8 Å². The van der Waals surface area contributed by atoms with Gasteiger partial charge in [-0.05, 0) is 37.3 Å². The average molecular weight is 238 g/mol. The highest BCUT2D eigenvalue weighted by atomic mass is 16.3. The van der Waals surface area contributed by atoms with Gasteiger partial charge in [-0.2, -0.15) is 0 Å². The molecule has 0 heterocycles. The molecule has 1 rings (SSSR count). The Hall–Kier alpha value is -0.930. The Balaban J connectivity index is 3.04. The standard InChI is InChI=1S/C14H22O3/c1-10(15)6-5-7-12-13(2,3)8-11(16)9-14(12,4)17/h5-7,11,16-17H,8-9H2,1-4H3/b6-5+,12-7+/t11-,14+/m0/s1. The molecule has 3 nitrogen and oxygen atoms in total. The smallest absolute Gasteiger partial charge is 0.152 e. The number of hydrogen-bond acceptors (Lipinski definition) is 3. The summed E-state index contributed by atoms with van der Waals surface area (Å²) >= 11 is 0. The summed E-state index contributed by atoms with van der Waals surface area (Å²) in [5.41, 5.74) is -0.405. The van der Waals surface area contributed by atoms with Crippen LogP contribution < -0.4 is 0 Å². The molecular weight excluding hydrogens is 216 g/mol. The molecule has 2 atom stereocenters. The Kier molecular flexibility index (Phi) is 3.95. The molecule has 17 heavy (non-hydrogen) atoms. The van der Waals surface area contributed by atoms with E-state index in [0.29, 0.717) is 12.8 Å². The molecule has 1 aliphatic rings. The zero-order valence-corrected chi connectivity index (χ0v) is 11.0. The van der Waals surface area contributed by atoms with E-state index < -0.39 is 11.7 Å². The van der Waals surface area contributed by atoms with Gasteiger partial charge in [-0.15, -0.1) is 0 Å². The second-order valence-corrected chi connectivity index (χ2v) is 5.77. The minimum Gasteiger partial charge on any atom is -0.393 e. The van der Waals surface area contributed by atoms with Crippen LogP contribution in [0.5, 0.6) is 0 Å². The van der Waals surface area contributed by atoms with E-state index >= 15 is 0 Å². The van der Waals surface area contributed by atoms with Crippen molar-refractivity contribution in [1.29, 1.82) is 0 Å². The fourth-order valence-corrected chi connectivity index (χ4v) is 2.75. The summed E-state index contributed by atoms with van der Waals surface area (Å²) < 4.78 is 0. The van der Waals surface area contributed by atoms with Gasteiger partial charge in [0.1, 0.15) is 0 Å². The van der Waals surface area contributed by atoms with E-state index in [0.717, 1.165) is 5.57 Å². The van der Waals surface area contributed by atoms with Crippen molar-refractivity contribution in [2.75, 3.05) is 0 Å². The van der Waals surface area contributed by atoms with Crippen molar-refractivity contribution in [2.24, 2.45) is 5.41 Å². The molecule has 0 spiro atoms. The molecule has 1 fully saturated rings. The second-order valence-electron chi connectivity index (χ2n) is 5.77. The van der Waals surface area contributed by atoms with Crippen molar-refractivity contribution in [2.45, 2.75) is 52.2 Å². The Morgan fingerprint density at radius 1 is 1.35 bits per heavy atom. The third-order valence-electron chi connectivity index (χ3n) is 3.28. The van der Waals surface area contributed by atoms with Gasteiger partial charge in [0.05, 0.1) is 11.7 Å². The van der Waals surface area contributed by atoms with Gasteiger partial charge in [-0.1, -0.05) is 26.0 Å². The first-order chi connectivity index (χ1) is 7.65. The summed E-state index contributed by atoms with van der Waals surface area (Å²) in [6.07, 6.45) is 5.44. The van der Waals surface area contributed by atoms with Gasteiger partial charge >= 0.3 is 0 Å². The summed E-state index contributed by atoms with van der Waals surface area (Å²) in [5.74, 6) is -0.0184. The van der Waals surface area contributed by atoms with Gasteiger partial charge in [0.15, 0.2) is 5.78 Å². The number of aliphatic hydroxyl groups is 2. The third-order valence-corrected chi connectivity index (χ3v) is 3.28. The number of carbonyl (C=O) groups is 1. The Bertz CT molecular complexity index is 342. The van der Waals surface area contributed by atoms with E-state index in [-0.39, 0.29) is 11.2 Å². The van der Waals surface area contributed by atoms with Gasteiger partial charge < -0.3 is 10.2 Å². The fraction of sp³-hybridized carbons (Fsp3) is 0.643. The summed E-state index contributed by atoms with van der Waals surface area (Å²) in [6.45, 7) is 7.20. The molecule has 0 saturated heterocycles. The van der Waals surface area contributed by atoms with Crippen LogP contribution in [0, 0.1) is 5.41 Å². The number of ketones is 1. The van der Waals surface area contributed by atoms with Gasteiger partial charge in [0.2, 0.25) is 0 Å². The molecule has 0 aromatic carbocycles. The van der Waals surface area contributed by atoms with Crippen molar-refractivity contribution in [3.8, 4) is 0 Å². The van der Waals surface area contributed by atoms with E-state index in [1.807, 2.05) is 13.8 Å². The summed E-state index contributed by atoms with van der Waals surface area (Å²) in [7, 11) is 0. The Labute approximate surface area is 103 Å². The first-order valence-electron chi connectivity index (χ1n) is 5.95. The van der Waals surface area contributed by atoms with Crippen LogP contribution >= 0.6 is 0 Å². The lowest BCUT2D eigenvalue weighted by Crippen LogP contribution is -2.45. The van der Waals surface area contributed by atoms with Crippen LogP contribution in [0.15, 0.2) is 23.8 Å². The summed E-state index contributed by atoms with van der Waals surface area (Å²) in [4.78, 5) is 10.8. The molecule has 0 aromatic rings. The van der Waals surface area contributed by atoms with Gasteiger partial charge in [-0.25, -0.2) is 0 Å². The van der Waals surface area contributed by atoms with Crippen molar-refractivity contribution in [3.63, 3.8) is 0 Å². The molecule has 0 unspecified atom stereocenters. The van der Waals surface area contributed by atoms with Crippen molar-refractivity contribution < 1.29 is 15.0 Å². The number of aliphatic hydroxyl groups excluding tert-OH is 1. The Morgan fingerprint density at radius 3 is 2.41 bits per heavy atom. The van der Waals surface area contributed by atoms with E-state index in [9.17, 15) is 15.0 Å². The van der Waals surface area contributed by atoms with E-state index in [2.05, 4.69) is 0 Å². The van der Waals surface area contributed by atoms with Crippen LogP contribution in [0.4, 0.5) is 0 Å². The number of allylic oxidation sites excluding steroid dienone is 3. The first-order valence-corrected chi connectivity index (χ1v) is 5.95. The second kappa shape index (κ2) is 4.75. The van der Waals surface area contributed by atoms with Gasteiger partial charge in [-0.3, -0.25) is 4.79 Å². The van der Waals surface area contributed by atoms with Crippen LogP contribution in [-0.4, -0.2) is 27.7 Å². The predicted octanol–water partition coefficient (Wildman–Crippen LogP) is 1.99. The number of hydrogen-bond donors (Lipinski definition) is 2. The third kappa shape index (κ3) is 3.51. The minimum atomic E-state index is -1.01. The molecule has 1 saturated carbocycles. The van der Waals surface area contributed by atoms with Crippen LogP contribution in [0.25, 0.3) is 0 Å². The van der Waals surface area contributed by atoms with Crippen LogP contribution in [0.3, 0.4) is 0 Å². The summed E-state index contributed by atoms with van der Waals surface area (Å²) in [5, 5.41) is 20.1. The molecule has 0 aromatic heterocycles. The highest BCUT2D eigenvalue weighted by Gasteiger charge is 2.43. The van der Waals surface area contributed by atoms with Crippen LogP contribution in [0.2, 0.25) is 0 Å². The lowest BCUT2D eigenvalue weighted by molar-refractivity contribution is -0.112. The van der Waals surface area contributed by atoms with Gasteiger partial charge in [0, 0.05) is 6.42 Å². The monoisotopic (exact) mass is 238 g/mol. The quantitative estimate of drug-likeness (QED) is 0.723. The molecular formula is C14H22O3. The highest BCUT2D eigenvalue weighted by molar-refractivity contribution is 5.87. The van der Waals surface area contributed by atoms with Gasteiger partial charge in [0.25, 0.3) is 0 Å². The Morgan fingerprint density at radius 2 is 1.94 bits per heavy atom. The zero-order valence-electron chi connectivity index (χ0n) is 11.0. The largest absolute Gasteiger partial charge is 0.393 e. The summed E-state index contributed by atoms with van der Waals surface area (Å²) in [6, 6.07) is 0. The molecule has 1 aliphatic carbocycles. The SMILES string of the molecule is CC(=O)/C=C/C=C1\C(C)(C)C[C@H](O)C[C@@]1(C)O. The lowest BCUT2D eigenvalue weighted by Gasteiger charge is -2.45. The first kappa shape index (κ1) is 14.1. The van der Waals surface area contributed by atoms with Crippen LogP contribution in [-0.2, 0) is 4.79 Å². The minimum absolute atomic E-state index is 0.0184. The van der Waals surface area contributed by atoms with E-state index in [4.69, 9.17) is 0 Å². The van der Waals surface area contributed by atoms with Crippen molar-refractivity contribution in [1.82, 2.24) is 0 Å². The topological polar surface area (TPSA) is 57.5 Å². The normalized spacial score (nSPS) is 35.4. The van der Waals surface area contributed by atoms with Crippen LogP contribution in [0.1, 0.15) is 40.5 Å².